The SMILES string of the molecule is Cc1nc2c(c(N3CCC3)n1)CN(C(=O)C1CCN(c3ccc(C(F)(F)F)nc3)C1)C2. The summed E-state index contributed by atoms with van der Waals surface area (Å²) in [4.78, 5) is 31.9. The van der Waals surface area contributed by atoms with Crippen LogP contribution in [0.25, 0.3) is 0 Å². The van der Waals surface area contributed by atoms with E-state index in [2.05, 4.69) is 19.9 Å². The number of hydrogen-bond acceptors (Lipinski definition) is 6. The maximum atomic E-state index is 13.2. The number of rotatable bonds is 3. The molecular weight excluding hydrogens is 409 g/mol. The van der Waals surface area contributed by atoms with Crippen LogP contribution in [0.4, 0.5) is 24.7 Å². The molecule has 2 aromatic heterocycles. The largest absolute Gasteiger partial charge is 0.433 e. The number of aryl methyl sites for hydroxylation is 1. The number of carbonyl (C=O) groups is 1. The molecule has 3 aliphatic heterocycles. The lowest BCUT2D eigenvalue weighted by Crippen LogP contribution is -2.39. The molecule has 1 amide bonds. The van der Waals surface area contributed by atoms with Crippen molar-refractivity contribution in [3.8, 4) is 0 Å². The molecule has 0 bridgehead atoms. The normalized spacial score (nSPS) is 20.8. The first kappa shape index (κ1) is 20.0. The summed E-state index contributed by atoms with van der Waals surface area (Å²) in [6.07, 6.45) is -1.41. The van der Waals surface area contributed by atoms with Crippen LogP contribution in [-0.4, -0.2) is 51.9 Å². The van der Waals surface area contributed by atoms with Crippen LogP contribution in [-0.2, 0) is 24.1 Å². The van der Waals surface area contributed by atoms with Gasteiger partial charge in [0.25, 0.3) is 0 Å². The smallest absolute Gasteiger partial charge is 0.369 e. The number of carbonyl (C=O) groups excluding carboxylic acids is 1. The van der Waals surface area contributed by atoms with Crippen molar-refractivity contribution in [3.63, 3.8) is 0 Å². The Hall–Kier alpha value is -2.91. The molecule has 5 heterocycles. The summed E-state index contributed by atoms with van der Waals surface area (Å²) in [6, 6.07) is 2.41. The summed E-state index contributed by atoms with van der Waals surface area (Å²) < 4.78 is 38.2. The lowest BCUT2D eigenvalue weighted by molar-refractivity contribution is -0.141. The van der Waals surface area contributed by atoms with Gasteiger partial charge in [0.2, 0.25) is 5.91 Å². The average Bonchev–Trinajstić information content (AvgIpc) is 3.33. The van der Waals surface area contributed by atoms with Gasteiger partial charge in [0.15, 0.2) is 0 Å². The monoisotopic (exact) mass is 432 g/mol. The zero-order chi connectivity index (χ0) is 21.8. The van der Waals surface area contributed by atoms with Gasteiger partial charge in [-0.2, -0.15) is 13.2 Å². The number of amides is 1. The maximum Gasteiger partial charge on any atom is 0.433 e. The summed E-state index contributed by atoms with van der Waals surface area (Å²) in [6.45, 7) is 5.92. The lowest BCUT2D eigenvalue weighted by atomic mass is 10.1. The van der Waals surface area contributed by atoms with Crippen molar-refractivity contribution in [2.75, 3.05) is 36.0 Å². The topological polar surface area (TPSA) is 65.5 Å². The zero-order valence-corrected chi connectivity index (χ0v) is 17.2. The predicted octanol–water partition coefficient (Wildman–Crippen LogP) is 2.78. The van der Waals surface area contributed by atoms with E-state index in [1.165, 1.54) is 12.3 Å². The Labute approximate surface area is 177 Å². The standard InChI is InChI=1S/C21H23F3N6O/c1-13-26-17-12-30(11-16(17)19(27-13)28-6-2-7-28)20(31)14-5-8-29(10-14)15-3-4-18(25-9-15)21(22,23)24/h3-4,9,14H,2,5-8,10-12H2,1H3. The van der Waals surface area contributed by atoms with Gasteiger partial charge in [-0.05, 0) is 31.9 Å². The molecule has 5 rings (SSSR count). The van der Waals surface area contributed by atoms with E-state index in [0.29, 0.717) is 38.3 Å². The van der Waals surface area contributed by atoms with Gasteiger partial charge in [-0.1, -0.05) is 0 Å². The average molecular weight is 432 g/mol. The van der Waals surface area contributed by atoms with Gasteiger partial charge >= 0.3 is 6.18 Å². The van der Waals surface area contributed by atoms with E-state index in [1.807, 2.05) is 16.7 Å². The molecule has 7 nitrogen and oxygen atoms in total. The van der Waals surface area contributed by atoms with Gasteiger partial charge in [-0.15, -0.1) is 0 Å². The van der Waals surface area contributed by atoms with Crippen LogP contribution in [0.2, 0.25) is 0 Å². The highest BCUT2D eigenvalue weighted by atomic mass is 19.4. The van der Waals surface area contributed by atoms with Gasteiger partial charge in [-0.25, -0.2) is 15.0 Å². The summed E-state index contributed by atoms with van der Waals surface area (Å²) in [5.41, 5.74) is 1.66. The molecule has 31 heavy (non-hydrogen) atoms. The van der Waals surface area contributed by atoms with Gasteiger partial charge in [0, 0.05) is 31.7 Å². The zero-order valence-electron chi connectivity index (χ0n) is 17.2. The van der Waals surface area contributed by atoms with E-state index in [0.717, 1.165) is 48.5 Å². The van der Waals surface area contributed by atoms with Crippen molar-refractivity contribution in [1.82, 2.24) is 19.9 Å². The molecule has 10 heteroatoms. The fourth-order valence-corrected chi connectivity index (χ4v) is 4.50. The summed E-state index contributed by atoms with van der Waals surface area (Å²) in [5.74, 6) is 1.54. The summed E-state index contributed by atoms with van der Waals surface area (Å²) in [7, 11) is 0. The Kier molecular flexibility index (Phi) is 4.75. The Bertz CT molecular complexity index is 1010. The molecule has 0 aliphatic carbocycles. The predicted molar refractivity (Wildman–Crippen MR) is 107 cm³/mol. The molecule has 2 aromatic rings. The molecule has 0 aromatic carbocycles. The first-order chi connectivity index (χ1) is 14.8. The van der Waals surface area contributed by atoms with E-state index in [9.17, 15) is 18.0 Å². The molecule has 2 fully saturated rings. The number of pyridine rings is 1. The van der Waals surface area contributed by atoms with E-state index in [1.54, 1.807) is 0 Å². The van der Waals surface area contributed by atoms with Crippen molar-refractivity contribution < 1.29 is 18.0 Å². The number of anilines is 2. The number of fused-ring (bicyclic) bond motifs is 1. The number of aromatic nitrogens is 3. The highest BCUT2D eigenvalue weighted by Crippen LogP contribution is 2.34. The quantitative estimate of drug-likeness (QED) is 0.743. The van der Waals surface area contributed by atoms with E-state index in [-0.39, 0.29) is 11.8 Å². The third-order valence-electron chi connectivity index (χ3n) is 6.28. The molecule has 1 unspecified atom stereocenters. The Balaban J connectivity index is 1.26. The van der Waals surface area contributed by atoms with Gasteiger partial charge in [0.1, 0.15) is 17.3 Å². The van der Waals surface area contributed by atoms with Crippen LogP contribution in [0, 0.1) is 12.8 Å². The number of nitrogens with zero attached hydrogens (tertiary/aromatic N) is 6. The molecular formula is C21H23F3N6O. The van der Waals surface area contributed by atoms with Crippen LogP contribution in [0.1, 0.15) is 35.6 Å². The Morgan fingerprint density at radius 2 is 1.90 bits per heavy atom. The second-order valence-corrected chi connectivity index (χ2v) is 8.39. The van der Waals surface area contributed by atoms with Crippen LogP contribution < -0.4 is 9.80 Å². The van der Waals surface area contributed by atoms with E-state index in [4.69, 9.17) is 0 Å². The maximum absolute atomic E-state index is 13.2. The highest BCUT2D eigenvalue weighted by molar-refractivity contribution is 5.81. The fourth-order valence-electron chi connectivity index (χ4n) is 4.50. The van der Waals surface area contributed by atoms with E-state index >= 15 is 0 Å². The third-order valence-corrected chi connectivity index (χ3v) is 6.28. The lowest BCUT2D eigenvalue weighted by Gasteiger charge is -2.33. The molecule has 3 aliphatic rings. The molecule has 0 N–H and O–H groups in total. The highest BCUT2D eigenvalue weighted by Gasteiger charge is 2.37. The van der Waals surface area contributed by atoms with Gasteiger partial charge in [0.05, 0.1) is 36.6 Å². The second kappa shape index (κ2) is 7.35. The van der Waals surface area contributed by atoms with Crippen LogP contribution in [0.3, 0.4) is 0 Å². The Morgan fingerprint density at radius 3 is 2.55 bits per heavy atom. The molecule has 1 atom stereocenters. The van der Waals surface area contributed by atoms with Gasteiger partial charge in [-0.3, -0.25) is 4.79 Å². The molecule has 0 radical (unpaired) electrons. The first-order valence-electron chi connectivity index (χ1n) is 10.5. The van der Waals surface area contributed by atoms with Crippen molar-refractivity contribution >= 4 is 17.4 Å². The third kappa shape index (κ3) is 3.68. The van der Waals surface area contributed by atoms with Crippen LogP contribution in [0.15, 0.2) is 18.3 Å². The van der Waals surface area contributed by atoms with Crippen molar-refractivity contribution in [2.45, 2.75) is 39.0 Å². The second-order valence-electron chi connectivity index (χ2n) is 8.39. The minimum absolute atomic E-state index is 0.0626. The molecule has 2 saturated heterocycles. The number of halogens is 3. The summed E-state index contributed by atoms with van der Waals surface area (Å²) >= 11 is 0. The van der Waals surface area contributed by atoms with Crippen LogP contribution >= 0.6 is 0 Å². The fraction of sp³-hybridized carbons (Fsp3) is 0.524. The van der Waals surface area contributed by atoms with Gasteiger partial charge < -0.3 is 14.7 Å². The molecule has 0 saturated carbocycles. The summed E-state index contributed by atoms with van der Waals surface area (Å²) in [5, 5.41) is 0. The first-order valence-corrected chi connectivity index (χ1v) is 10.5. The number of alkyl halides is 3. The molecule has 0 spiro atoms. The minimum Gasteiger partial charge on any atom is -0.369 e. The Morgan fingerprint density at radius 1 is 1.10 bits per heavy atom. The minimum atomic E-state index is -4.46. The van der Waals surface area contributed by atoms with Crippen molar-refractivity contribution in [2.24, 2.45) is 5.92 Å². The number of hydrogen-bond donors (Lipinski definition) is 0. The van der Waals surface area contributed by atoms with E-state index < -0.39 is 11.9 Å². The van der Waals surface area contributed by atoms with Crippen LogP contribution in [0.5, 0.6) is 0 Å². The van der Waals surface area contributed by atoms with Crippen molar-refractivity contribution in [1.29, 1.82) is 0 Å². The molecule has 164 valence electrons. The van der Waals surface area contributed by atoms with Crippen molar-refractivity contribution in [3.05, 3.63) is 41.1 Å².